The highest BCUT2D eigenvalue weighted by Gasteiger charge is 2.03. The number of benzene rings is 2. The van der Waals surface area contributed by atoms with Crippen LogP contribution in [0.3, 0.4) is 0 Å². The minimum Gasteiger partial charge on any atom is -0.331 e. The summed E-state index contributed by atoms with van der Waals surface area (Å²) in [5.41, 5.74) is 5.33. The Morgan fingerprint density at radius 3 is 2.43 bits per heavy atom. The largest absolute Gasteiger partial charge is 0.331 e. The highest BCUT2D eigenvalue weighted by atomic mass is 35.5. The number of thiocarbonyl (C=S) groups is 1. The summed E-state index contributed by atoms with van der Waals surface area (Å²) < 4.78 is 0. The van der Waals surface area contributed by atoms with Crippen molar-refractivity contribution in [3.63, 3.8) is 0 Å². The first-order chi connectivity index (χ1) is 10.1. The normalized spacial score (nSPS) is 11.1. The van der Waals surface area contributed by atoms with Crippen LogP contribution in [0.5, 0.6) is 0 Å². The Kier molecular flexibility index (Phi) is 5.56. The maximum absolute atomic E-state index is 5.98. The first-order valence-electron chi connectivity index (χ1n) is 6.18. The maximum atomic E-state index is 5.98. The average molecular weight is 338 g/mol. The van der Waals surface area contributed by atoms with Gasteiger partial charge in [-0.05, 0) is 49.0 Å². The molecule has 0 saturated heterocycles. The quantitative estimate of drug-likeness (QED) is 0.484. The van der Waals surface area contributed by atoms with E-state index in [0.29, 0.717) is 15.2 Å². The van der Waals surface area contributed by atoms with E-state index in [0.717, 1.165) is 17.0 Å². The first kappa shape index (κ1) is 15.8. The van der Waals surface area contributed by atoms with Gasteiger partial charge in [-0.1, -0.05) is 47.5 Å². The fraction of sp³-hybridized carbons (Fsp3) is 0.0667. The molecule has 21 heavy (non-hydrogen) atoms. The Morgan fingerprint density at radius 1 is 1.05 bits per heavy atom. The SMILES string of the molecule is CC(=NNC(=S)Nc1ccccc1)c1ccc(Cl)c(Cl)c1. The third-order valence-corrected chi connectivity index (χ3v) is 3.63. The van der Waals surface area contributed by atoms with E-state index >= 15 is 0 Å². The van der Waals surface area contributed by atoms with Gasteiger partial charge in [0.05, 0.1) is 15.8 Å². The van der Waals surface area contributed by atoms with E-state index < -0.39 is 0 Å². The Bertz CT molecular complexity index is 672. The number of rotatable bonds is 3. The lowest BCUT2D eigenvalue weighted by Crippen LogP contribution is -2.24. The molecule has 6 heteroatoms. The first-order valence-corrected chi connectivity index (χ1v) is 7.34. The zero-order chi connectivity index (χ0) is 15.2. The third kappa shape index (κ3) is 4.70. The van der Waals surface area contributed by atoms with Gasteiger partial charge in [-0.2, -0.15) is 5.10 Å². The second-order valence-electron chi connectivity index (χ2n) is 4.26. The topological polar surface area (TPSA) is 36.4 Å². The number of hydrazone groups is 1. The molecule has 108 valence electrons. The van der Waals surface area contributed by atoms with Crippen LogP contribution in [0.2, 0.25) is 10.0 Å². The molecular weight excluding hydrogens is 325 g/mol. The van der Waals surface area contributed by atoms with Crippen LogP contribution in [0.1, 0.15) is 12.5 Å². The molecule has 3 nitrogen and oxygen atoms in total. The molecule has 0 aliphatic rings. The van der Waals surface area contributed by atoms with Gasteiger partial charge < -0.3 is 5.32 Å². The van der Waals surface area contributed by atoms with Crippen molar-refractivity contribution in [2.24, 2.45) is 5.10 Å². The van der Waals surface area contributed by atoms with Crippen molar-refractivity contribution < 1.29 is 0 Å². The molecule has 0 unspecified atom stereocenters. The van der Waals surface area contributed by atoms with E-state index in [1.54, 1.807) is 12.1 Å². The monoisotopic (exact) mass is 337 g/mol. The van der Waals surface area contributed by atoms with Gasteiger partial charge >= 0.3 is 0 Å². The van der Waals surface area contributed by atoms with Crippen molar-refractivity contribution in [1.82, 2.24) is 5.43 Å². The Morgan fingerprint density at radius 2 is 1.76 bits per heavy atom. The molecule has 0 bridgehead atoms. The van der Waals surface area contributed by atoms with E-state index in [-0.39, 0.29) is 0 Å². The summed E-state index contributed by atoms with van der Waals surface area (Å²) in [6.45, 7) is 1.86. The van der Waals surface area contributed by atoms with Crippen molar-refractivity contribution in [3.05, 3.63) is 64.1 Å². The molecule has 0 spiro atoms. The number of hydrogen-bond acceptors (Lipinski definition) is 2. The van der Waals surface area contributed by atoms with Gasteiger partial charge in [0.1, 0.15) is 0 Å². The molecule has 0 amide bonds. The predicted octanol–water partition coefficient (Wildman–Crippen LogP) is 4.70. The van der Waals surface area contributed by atoms with Gasteiger partial charge in [-0.15, -0.1) is 0 Å². The van der Waals surface area contributed by atoms with E-state index in [4.69, 9.17) is 35.4 Å². The summed E-state index contributed by atoms with van der Waals surface area (Å²) in [6, 6.07) is 15.0. The highest BCUT2D eigenvalue weighted by Crippen LogP contribution is 2.22. The van der Waals surface area contributed by atoms with Gasteiger partial charge in [0.15, 0.2) is 5.11 Å². The van der Waals surface area contributed by atoms with Crippen LogP contribution in [0.4, 0.5) is 5.69 Å². The molecule has 0 radical (unpaired) electrons. The van der Waals surface area contributed by atoms with Crippen LogP contribution in [-0.2, 0) is 0 Å². The van der Waals surface area contributed by atoms with Gasteiger partial charge in [0, 0.05) is 5.69 Å². The number of anilines is 1. The standard InChI is InChI=1S/C15H13Cl2N3S/c1-10(11-7-8-13(16)14(17)9-11)19-20-15(21)18-12-5-3-2-4-6-12/h2-9H,1H3,(H2,18,20,21). The lowest BCUT2D eigenvalue weighted by atomic mass is 10.1. The van der Waals surface area contributed by atoms with E-state index in [2.05, 4.69) is 15.8 Å². The smallest absolute Gasteiger partial charge is 0.191 e. The molecule has 2 aromatic rings. The minimum absolute atomic E-state index is 0.417. The van der Waals surface area contributed by atoms with Crippen LogP contribution in [-0.4, -0.2) is 10.8 Å². The van der Waals surface area contributed by atoms with Crippen LogP contribution in [0.15, 0.2) is 53.6 Å². The van der Waals surface area contributed by atoms with Gasteiger partial charge in [0.25, 0.3) is 0 Å². The molecular formula is C15H13Cl2N3S. The molecule has 0 aliphatic heterocycles. The fourth-order valence-corrected chi connectivity index (χ4v) is 2.06. The molecule has 2 rings (SSSR count). The zero-order valence-corrected chi connectivity index (χ0v) is 13.6. The predicted molar refractivity (Wildman–Crippen MR) is 94.5 cm³/mol. The van der Waals surface area contributed by atoms with Crippen molar-refractivity contribution in [1.29, 1.82) is 0 Å². The Balaban J connectivity index is 1.99. The highest BCUT2D eigenvalue weighted by molar-refractivity contribution is 7.80. The third-order valence-electron chi connectivity index (χ3n) is 2.69. The average Bonchev–Trinajstić information content (AvgIpc) is 2.48. The number of halogens is 2. The molecule has 0 atom stereocenters. The number of hydrogen-bond donors (Lipinski definition) is 2. The lowest BCUT2D eigenvalue weighted by Gasteiger charge is -2.08. The fourth-order valence-electron chi connectivity index (χ4n) is 1.60. The molecule has 0 saturated carbocycles. The molecule has 0 heterocycles. The molecule has 0 aromatic heterocycles. The van der Waals surface area contributed by atoms with Crippen molar-refractivity contribution in [3.8, 4) is 0 Å². The van der Waals surface area contributed by atoms with Crippen molar-refractivity contribution in [2.45, 2.75) is 6.92 Å². The van der Waals surface area contributed by atoms with Gasteiger partial charge in [-0.25, -0.2) is 0 Å². The molecule has 0 aliphatic carbocycles. The number of para-hydroxylation sites is 1. The zero-order valence-electron chi connectivity index (χ0n) is 11.2. The van der Waals surface area contributed by atoms with Crippen LogP contribution >= 0.6 is 35.4 Å². The lowest BCUT2D eigenvalue weighted by molar-refractivity contribution is 1.04. The Labute approximate surface area is 139 Å². The van der Waals surface area contributed by atoms with Crippen molar-refractivity contribution in [2.75, 3.05) is 5.32 Å². The molecule has 2 N–H and O–H groups in total. The van der Waals surface area contributed by atoms with Gasteiger partial charge in [-0.3, -0.25) is 5.43 Å². The van der Waals surface area contributed by atoms with Crippen LogP contribution in [0, 0.1) is 0 Å². The van der Waals surface area contributed by atoms with E-state index in [1.807, 2.05) is 43.3 Å². The molecule has 2 aromatic carbocycles. The second kappa shape index (κ2) is 7.41. The summed E-state index contributed by atoms with van der Waals surface area (Å²) in [6.07, 6.45) is 0. The number of nitrogens with one attached hydrogen (secondary N) is 2. The minimum atomic E-state index is 0.417. The summed E-state index contributed by atoms with van der Waals surface area (Å²) in [5, 5.41) is 8.69. The Hall–Kier alpha value is -1.62. The molecule has 0 fully saturated rings. The maximum Gasteiger partial charge on any atom is 0.191 e. The summed E-state index contributed by atoms with van der Waals surface area (Å²) in [4.78, 5) is 0. The summed E-state index contributed by atoms with van der Waals surface area (Å²) in [7, 11) is 0. The van der Waals surface area contributed by atoms with E-state index in [1.165, 1.54) is 0 Å². The number of nitrogens with zero attached hydrogens (tertiary/aromatic N) is 1. The van der Waals surface area contributed by atoms with Gasteiger partial charge in [0.2, 0.25) is 0 Å². The second-order valence-corrected chi connectivity index (χ2v) is 5.48. The van der Waals surface area contributed by atoms with Crippen LogP contribution < -0.4 is 10.7 Å². The van der Waals surface area contributed by atoms with Crippen LogP contribution in [0.25, 0.3) is 0 Å². The summed E-state index contributed by atoms with van der Waals surface area (Å²) >= 11 is 17.0. The summed E-state index contributed by atoms with van der Waals surface area (Å²) in [5.74, 6) is 0. The van der Waals surface area contributed by atoms with Crippen molar-refractivity contribution >= 4 is 51.9 Å². The van der Waals surface area contributed by atoms with E-state index in [9.17, 15) is 0 Å².